The maximum absolute atomic E-state index is 9.60. The zero-order valence-electron chi connectivity index (χ0n) is 8.23. The molecule has 0 atom stereocenters. The highest BCUT2D eigenvalue weighted by molar-refractivity contribution is 5.84. The van der Waals surface area contributed by atoms with Crippen LogP contribution in [0.15, 0.2) is 42.5 Å². The van der Waals surface area contributed by atoms with Gasteiger partial charge in [0.05, 0.1) is 0 Å². The van der Waals surface area contributed by atoms with E-state index in [-0.39, 0.29) is 5.57 Å². The van der Waals surface area contributed by atoms with Gasteiger partial charge in [-0.05, 0) is 12.5 Å². The molecule has 1 aromatic rings. The minimum atomic E-state index is -0.935. The second kappa shape index (κ2) is 6.86. The van der Waals surface area contributed by atoms with Crippen molar-refractivity contribution in [1.29, 1.82) is 0 Å². The minimum absolute atomic E-state index is 0.176. The molecule has 0 radical (unpaired) electrons. The lowest BCUT2D eigenvalue weighted by Crippen LogP contribution is -1.94. The molecule has 76 valence electrons. The van der Waals surface area contributed by atoms with Gasteiger partial charge in [0, 0.05) is 12.1 Å². The van der Waals surface area contributed by atoms with E-state index in [1.165, 1.54) is 12.5 Å². The Morgan fingerprint density at radius 2 is 1.86 bits per heavy atom. The van der Waals surface area contributed by atoms with Gasteiger partial charge in [0.2, 0.25) is 0 Å². The SMILES string of the molecule is C=C(C)C(=O)O.NCc1ccccc1. The van der Waals surface area contributed by atoms with Crippen LogP contribution in [0.1, 0.15) is 12.5 Å². The number of rotatable bonds is 2. The number of aliphatic carboxylic acids is 1. The molecule has 1 aromatic carbocycles. The van der Waals surface area contributed by atoms with Crippen LogP contribution in [0.25, 0.3) is 0 Å². The van der Waals surface area contributed by atoms with E-state index >= 15 is 0 Å². The smallest absolute Gasteiger partial charge is 0.330 e. The van der Waals surface area contributed by atoms with E-state index in [1.807, 2.05) is 30.3 Å². The summed E-state index contributed by atoms with van der Waals surface area (Å²) in [6, 6.07) is 9.99. The molecule has 0 amide bonds. The second-order valence-corrected chi connectivity index (χ2v) is 2.78. The Kier molecular flexibility index (Phi) is 6.07. The van der Waals surface area contributed by atoms with E-state index in [4.69, 9.17) is 10.8 Å². The molecule has 0 spiro atoms. The Morgan fingerprint density at radius 3 is 2.07 bits per heavy atom. The number of hydrogen-bond donors (Lipinski definition) is 2. The third kappa shape index (κ3) is 5.97. The van der Waals surface area contributed by atoms with Crippen molar-refractivity contribution in [3.63, 3.8) is 0 Å². The summed E-state index contributed by atoms with van der Waals surface area (Å²) < 4.78 is 0. The van der Waals surface area contributed by atoms with Gasteiger partial charge < -0.3 is 10.8 Å². The van der Waals surface area contributed by atoms with Crippen molar-refractivity contribution in [2.75, 3.05) is 0 Å². The van der Waals surface area contributed by atoms with Gasteiger partial charge in [-0.2, -0.15) is 0 Å². The molecular weight excluding hydrogens is 178 g/mol. The molecule has 0 aliphatic carbocycles. The predicted molar refractivity (Wildman–Crippen MR) is 56.8 cm³/mol. The molecule has 14 heavy (non-hydrogen) atoms. The molecule has 0 saturated carbocycles. The van der Waals surface area contributed by atoms with Crippen LogP contribution in [-0.4, -0.2) is 11.1 Å². The number of carboxylic acids is 1. The standard InChI is InChI=1S/C7H9N.C4H6O2/c8-6-7-4-2-1-3-5-7;1-3(2)4(5)6/h1-5H,6,8H2;1H2,2H3,(H,5,6). The molecule has 0 bridgehead atoms. The Hall–Kier alpha value is -1.61. The summed E-state index contributed by atoms with van der Waals surface area (Å²) in [5.74, 6) is -0.935. The fourth-order valence-electron chi connectivity index (χ4n) is 0.614. The fourth-order valence-corrected chi connectivity index (χ4v) is 0.614. The molecular formula is C11H15NO2. The Bertz CT molecular complexity index is 281. The number of nitrogens with two attached hydrogens (primary N) is 1. The van der Waals surface area contributed by atoms with E-state index < -0.39 is 5.97 Å². The largest absolute Gasteiger partial charge is 0.478 e. The normalized spacial score (nSPS) is 8.43. The van der Waals surface area contributed by atoms with Crippen molar-refractivity contribution in [3.05, 3.63) is 48.0 Å². The van der Waals surface area contributed by atoms with Gasteiger partial charge in [0.25, 0.3) is 0 Å². The van der Waals surface area contributed by atoms with Crippen LogP contribution in [0.4, 0.5) is 0 Å². The van der Waals surface area contributed by atoms with Gasteiger partial charge in [-0.1, -0.05) is 36.9 Å². The van der Waals surface area contributed by atoms with E-state index in [0.29, 0.717) is 6.54 Å². The lowest BCUT2D eigenvalue weighted by atomic mass is 10.2. The van der Waals surface area contributed by atoms with Crippen molar-refractivity contribution in [2.24, 2.45) is 5.73 Å². The second-order valence-electron chi connectivity index (χ2n) is 2.78. The van der Waals surface area contributed by atoms with Crippen LogP contribution in [0.2, 0.25) is 0 Å². The lowest BCUT2D eigenvalue weighted by Gasteiger charge is -1.90. The summed E-state index contributed by atoms with van der Waals surface area (Å²) in [5, 5.41) is 7.89. The van der Waals surface area contributed by atoms with E-state index in [2.05, 4.69) is 6.58 Å². The molecule has 0 aliphatic rings. The first-order valence-electron chi connectivity index (χ1n) is 4.20. The summed E-state index contributed by atoms with van der Waals surface area (Å²) in [4.78, 5) is 9.60. The topological polar surface area (TPSA) is 63.3 Å². The summed E-state index contributed by atoms with van der Waals surface area (Å²) in [6.45, 7) is 5.24. The first kappa shape index (κ1) is 12.4. The first-order chi connectivity index (χ1) is 6.57. The average molecular weight is 193 g/mol. The van der Waals surface area contributed by atoms with Gasteiger partial charge >= 0.3 is 5.97 Å². The Balaban J connectivity index is 0.000000255. The predicted octanol–water partition coefficient (Wildman–Crippen LogP) is 1.79. The fraction of sp³-hybridized carbons (Fsp3) is 0.182. The van der Waals surface area contributed by atoms with Crippen LogP contribution < -0.4 is 5.73 Å². The van der Waals surface area contributed by atoms with Crippen LogP contribution in [0, 0.1) is 0 Å². The highest BCUT2D eigenvalue weighted by Gasteiger charge is 1.90. The van der Waals surface area contributed by atoms with Crippen molar-refractivity contribution in [3.8, 4) is 0 Å². The van der Waals surface area contributed by atoms with E-state index in [9.17, 15) is 4.79 Å². The maximum atomic E-state index is 9.60. The molecule has 0 aromatic heterocycles. The summed E-state index contributed by atoms with van der Waals surface area (Å²) >= 11 is 0. The zero-order chi connectivity index (χ0) is 11.0. The minimum Gasteiger partial charge on any atom is -0.478 e. The summed E-state index contributed by atoms with van der Waals surface area (Å²) in [5.41, 5.74) is 6.71. The summed E-state index contributed by atoms with van der Waals surface area (Å²) in [6.07, 6.45) is 0. The Labute approximate surface area is 83.9 Å². The lowest BCUT2D eigenvalue weighted by molar-refractivity contribution is -0.132. The molecule has 0 aliphatic heterocycles. The third-order valence-corrected chi connectivity index (χ3v) is 1.44. The zero-order valence-corrected chi connectivity index (χ0v) is 8.23. The van der Waals surface area contributed by atoms with Gasteiger partial charge in [-0.3, -0.25) is 0 Å². The molecule has 0 heterocycles. The highest BCUT2D eigenvalue weighted by atomic mass is 16.4. The third-order valence-electron chi connectivity index (χ3n) is 1.44. The highest BCUT2D eigenvalue weighted by Crippen LogP contribution is 1.94. The molecule has 0 fully saturated rings. The van der Waals surface area contributed by atoms with Crippen LogP contribution >= 0.6 is 0 Å². The number of hydrogen-bond acceptors (Lipinski definition) is 2. The van der Waals surface area contributed by atoms with Gasteiger partial charge in [-0.15, -0.1) is 0 Å². The van der Waals surface area contributed by atoms with Crippen molar-refractivity contribution >= 4 is 5.97 Å². The monoisotopic (exact) mass is 193 g/mol. The van der Waals surface area contributed by atoms with Gasteiger partial charge in [0.15, 0.2) is 0 Å². The molecule has 3 N–H and O–H groups in total. The number of carbonyl (C=O) groups is 1. The van der Waals surface area contributed by atoms with Crippen LogP contribution in [0.3, 0.4) is 0 Å². The van der Waals surface area contributed by atoms with Crippen LogP contribution in [0.5, 0.6) is 0 Å². The molecule has 3 heteroatoms. The molecule has 3 nitrogen and oxygen atoms in total. The first-order valence-corrected chi connectivity index (χ1v) is 4.20. The molecule has 0 unspecified atom stereocenters. The van der Waals surface area contributed by atoms with E-state index in [1.54, 1.807) is 0 Å². The Morgan fingerprint density at radius 1 is 1.43 bits per heavy atom. The van der Waals surface area contributed by atoms with Crippen molar-refractivity contribution < 1.29 is 9.90 Å². The van der Waals surface area contributed by atoms with E-state index in [0.717, 1.165) is 0 Å². The number of benzene rings is 1. The van der Waals surface area contributed by atoms with Crippen molar-refractivity contribution in [2.45, 2.75) is 13.5 Å². The van der Waals surface area contributed by atoms with Crippen molar-refractivity contribution in [1.82, 2.24) is 0 Å². The van der Waals surface area contributed by atoms with Gasteiger partial charge in [0.1, 0.15) is 0 Å². The van der Waals surface area contributed by atoms with Crippen LogP contribution in [-0.2, 0) is 11.3 Å². The molecule has 1 rings (SSSR count). The quantitative estimate of drug-likeness (QED) is 0.704. The average Bonchev–Trinajstić information content (AvgIpc) is 2.20. The van der Waals surface area contributed by atoms with Gasteiger partial charge in [-0.25, -0.2) is 4.79 Å². The number of carboxylic acid groups (broad SMARTS) is 1. The summed E-state index contributed by atoms with van der Waals surface area (Å²) in [7, 11) is 0. The maximum Gasteiger partial charge on any atom is 0.330 e. The molecule has 0 saturated heterocycles.